The number of nitrogens with zero attached hydrogens (tertiary/aromatic N) is 2. The van der Waals surface area contributed by atoms with Crippen LogP contribution in [0.15, 0.2) is 35.3 Å². The molecule has 7 nitrogen and oxygen atoms in total. The molecular weight excluding hydrogens is 344 g/mol. The van der Waals surface area contributed by atoms with Gasteiger partial charge < -0.3 is 24.5 Å². The van der Waals surface area contributed by atoms with Gasteiger partial charge in [-0.3, -0.25) is 4.79 Å². The summed E-state index contributed by atoms with van der Waals surface area (Å²) < 4.78 is 5.20. The van der Waals surface area contributed by atoms with E-state index in [9.17, 15) is 9.59 Å². The summed E-state index contributed by atoms with van der Waals surface area (Å²) in [5.74, 6) is 1.19. The van der Waals surface area contributed by atoms with Crippen LogP contribution in [0.4, 0.5) is 0 Å². The van der Waals surface area contributed by atoms with Gasteiger partial charge in [-0.15, -0.1) is 0 Å². The lowest BCUT2D eigenvalue weighted by atomic mass is 9.96. The second-order valence-electron chi connectivity index (χ2n) is 7.25. The average molecular weight is 372 g/mol. The first-order chi connectivity index (χ1) is 13.0. The quantitative estimate of drug-likeness (QED) is 0.776. The number of likely N-dealkylation sites (tertiary alicyclic amines) is 1. The minimum absolute atomic E-state index is 0.124. The van der Waals surface area contributed by atoms with Gasteiger partial charge in [0.05, 0.1) is 7.11 Å². The highest BCUT2D eigenvalue weighted by atomic mass is 16.5. The summed E-state index contributed by atoms with van der Waals surface area (Å²) in [5.41, 5.74) is 1.12. The number of aromatic nitrogens is 2. The third-order valence-electron chi connectivity index (χ3n) is 5.26. The Kier molecular flexibility index (Phi) is 6.34. The molecule has 0 saturated carbocycles. The zero-order valence-electron chi connectivity index (χ0n) is 16.0. The topological polar surface area (TPSA) is 81.4 Å². The Morgan fingerprint density at radius 1 is 1.26 bits per heavy atom. The molecule has 3 rings (SSSR count). The molecule has 1 aromatic carbocycles. The van der Waals surface area contributed by atoms with Crippen LogP contribution in [-0.2, 0) is 6.42 Å². The lowest BCUT2D eigenvalue weighted by Gasteiger charge is -2.33. The monoisotopic (exact) mass is 372 g/mol. The molecule has 1 aromatic heterocycles. The molecule has 1 amide bonds. The summed E-state index contributed by atoms with van der Waals surface area (Å²) in [6.45, 7) is 3.46. The van der Waals surface area contributed by atoms with Gasteiger partial charge in [-0.05, 0) is 63.0 Å². The van der Waals surface area contributed by atoms with Crippen LogP contribution in [0.3, 0.4) is 0 Å². The van der Waals surface area contributed by atoms with Crippen LogP contribution in [0.25, 0.3) is 0 Å². The molecule has 2 heterocycles. The average Bonchev–Trinajstić information content (AvgIpc) is 3.13. The highest BCUT2D eigenvalue weighted by Gasteiger charge is 2.24. The predicted molar refractivity (Wildman–Crippen MR) is 104 cm³/mol. The summed E-state index contributed by atoms with van der Waals surface area (Å²) in [6.07, 6.45) is 4.40. The van der Waals surface area contributed by atoms with Crippen LogP contribution in [0, 0.1) is 5.92 Å². The number of benzene rings is 1. The summed E-state index contributed by atoms with van der Waals surface area (Å²) >= 11 is 0. The van der Waals surface area contributed by atoms with Crippen LogP contribution in [-0.4, -0.2) is 66.0 Å². The van der Waals surface area contributed by atoms with Gasteiger partial charge in [0.15, 0.2) is 0 Å². The minimum Gasteiger partial charge on any atom is -0.497 e. The first kappa shape index (κ1) is 19.2. The van der Waals surface area contributed by atoms with E-state index in [1.165, 1.54) is 6.20 Å². The van der Waals surface area contributed by atoms with Crippen molar-refractivity contribution in [3.05, 3.63) is 52.2 Å². The van der Waals surface area contributed by atoms with E-state index in [0.29, 0.717) is 18.2 Å². The van der Waals surface area contributed by atoms with Gasteiger partial charge in [0.2, 0.25) is 0 Å². The zero-order valence-corrected chi connectivity index (χ0v) is 16.0. The molecule has 0 unspecified atom stereocenters. The number of hydrogen-bond donors (Lipinski definition) is 2. The van der Waals surface area contributed by atoms with E-state index in [2.05, 4.69) is 21.9 Å². The van der Waals surface area contributed by atoms with Gasteiger partial charge in [-0.1, -0.05) is 12.1 Å². The molecule has 0 aliphatic carbocycles. The number of amides is 1. The fourth-order valence-electron chi connectivity index (χ4n) is 3.51. The molecule has 146 valence electrons. The molecule has 0 atom stereocenters. The third kappa shape index (κ3) is 5.23. The predicted octanol–water partition coefficient (Wildman–Crippen LogP) is 1.74. The molecule has 2 N–H and O–H groups in total. The van der Waals surface area contributed by atoms with Crippen molar-refractivity contribution >= 4 is 5.91 Å². The van der Waals surface area contributed by atoms with Crippen LogP contribution in [0.2, 0.25) is 0 Å². The Hall–Kier alpha value is -2.54. The Balaban J connectivity index is 1.67. The Bertz CT molecular complexity index is 788. The number of carbonyl (C=O) groups is 1. The van der Waals surface area contributed by atoms with Crippen molar-refractivity contribution in [1.29, 1.82) is 0 Å². The lowest BCUT2D eigenvalue weighted by molar-refractivity contribution is 0.0695. The van der Waals surface area contributed by atoms with Crippen molar-refractivity contribution in [3.8, 4) is 5.75 Å². The molecule has 7 heteroatoms. The van der Waals surface area contributed by atoms with Crippen molar-refractivity contribution in [1.82, 2.24) is 19.8 Å². The number of piperidine rings is 1. The second kappa shape index (κ2) is 8.90. The highest BCUT2D eigenvalue weighted by Crippen LogP contribution is 2.19. The van der Waals surface area contributed by atoms with Gasteiger partial charge >= 0.3 is 5.69 Å². The fourth-order valence-corrected chi connectivity index (χ4v) is 3.51. The summed E-state index contributed by atoms with van der Waals surface area (Å²) in [5, 5.41) is 0. The summed E-state index contributed by atoms with van der Waals surface area (Å²) in [4.78, 5) is 33.6. The standard InChI is InChI=1S/C20H28N4O3/c1-23-10-7-16(8-11-23)14-24(19(25)18-13-21-20(26)22-18)12-9-15-3-5-17(27-2)6-4-15/h3-6,13,16H,7-12,14H2,1-2H3,(H2,21,22,26). The maximum atomic E-state index is 12.9. The van der Waals surface area contributed by atoms with Crippen molar-refractivity contribution in [3.63, 3.8) is 0 Å². The Morgan fingerprint density at radius 3 is 2.56 bits per heavy atom. The number of imidazole rings is 1. The van der Waals surface area contributed by atoms with Gasteiger partial charge in [0.25, 0.3) is 5.91 Å². The van der Waals surface area contributed by atoms with Crippen molar-refractivity contribution < 1.29 is 9.53 Å². The Morgan fingerprint density at radius 2 is 1.96 bits per heavy atom. The maximum absolute atomic E-state index is 12.9. The van der Waals surface area contributed by atoms with E-state index in [1.54, 1.807) is 7.11 Å². The van der Waals surface area contributed by atoms with Gasteiger partial charge in [0, 0.05) is 19.3 Å². The molecule has 0 bridgehead atoms. The maximum Gasteiger partial charge on any atom is 0.323 e. The number of carbonyl (C=O) groups excluding carboxylic acids is 1. The van der Waals surface area contributed by atoms with E-state index in [4.69, 9.17) is 4.74 Å². The van der Waals surface area contributed by atoms with Crippen LogP contribution in [0.1, 0.15) is 28.9 Å². The number of hydrogen-bond acceptors (Lipinski definition) is 4. The zero-order chi connectivity index (χ0) is 19.2. The van der Waals surface area contributed by atoms with E-state index in [1.807, 2.05) is 29.2 Å². The first-order valence-corrected chi connectivity index (χ1v) is 9.43. The summed E-state index contributed by atoms with van der Waals surface area (Å²) in [7, 11) is 3.78. The lowest BCUT2D eigenvalue weighted by Crippen LogP contribution is -2.41. The highest BCUT2D eigenvalue weighted by molar-refractivity contribution is 5.92. The molecule has 1 aliphatic heterocycles. The SMILES string of the molecule is COc1ccc(CCN(CC2CCN(C)CC2)C(=O)c2c[nH]c(=O)[nH]2)cc1. The third-order valence-corrected chi connectivity index (χ3v) is 5.26. The molecule has 1 saturated heterocycles. The van der Waals surface area contributed by atoms with Crippen LogP contribution >= 0.6 is 0 Å². The molecule has 27 heavy (non-hydrogen) atoms. The van der Waals surface area contributed by atoms with E-state index in [-0.39, 0.29) is 11.6 Å². The summed E-state index contributed by atoms with van der Waals surface area (Å²) in [6, 6.07) is 7.91. The van der Waals surface area contributed by atoms with Gasteiger partial charge in [0.1, 0.15) is 11.4 Å². The van der Waals surface area contributed by atoms with Crippen molar-refractivity contribution in [2.45, 2.75) is 19.3 Å². The van der Waals surface area contributed by atoms with Gasteiger partial charge in [-0.25, -0.2) is 4.79 Å². The second-order valence-corrected chi connectivity index (χ2v) is 7.25. The Labute approximate surface area is 159 Å². The number of ether oxygens (including phenoxy) is 1. The molecular formula is C20H28N4O3. The first-order valence-electron chi connectivity index (χ1n) is 9.43. The smallest absolute Gasteiger partial charge is 0.323 e. The number of rotatable bonds is 7. The number of nitrogens with one attached hydrogen (secondary N) is 2. The number of aromatic amines is 2. The van der Waals surface area contributed by atoms with Crippen molar-refractivity contribution in [2.24, 2.45) is 5.92 Å². The van der Waals surface area contributed by atoms with Crippen LogP contribution in [0.5, 0.6) is 5.75 Å². The van der Waals surface area contributed by atoms with Crippen LogP contribution < -0.4 is 10.4 Å². The largest absolute Gasteiger partial charge is 0.497 e. The number of methoxy groups -OCH3 is 1. The molecule has 0 spiro atoms. The van der Waals surface area contributed by atoms with E-state index >= 15 is 0 Å². The van der Waals surface area contributed by atoms with E-state index < -0.39 is 0 Å². The minimum atomic E-state index is -0.354. The molecule has 0 radical (unpaired) electrons. The number of H-pyrrole nitrogens is 2. The van der Waals surface area contributed by atoms with Crippen molar-refractivity contribution in [2.75, 3.05) is 40.3 Å². The molecule has 2 aromatic rings. The molecule has 1 aliphatic rings. The molecule has 1 fully saturated rings. The van der Waals surface area contributed by atoms with Gasteiger partial charge in [-0.2, -0.15) is 0 Å². The van der Waals surface area contributed by atoms with E-state index in [0.717, 1.165) is 50.2 Å². The normalized spacial score (nSPS) is 15.6. The fraction of sp³-hybridized carbons (Fsp3) is 0.500.